The van der Waals surface area contributed by atoms with E-state index < -0.39 is 10.0 Å². The van der Waals surface area contributed by atoms with Crippen molar-refractivity contribution >= 4 is 21.6 Å². The first-order valence-electron chi connectivity index (χ1n) is 11.0. The van der Waals surface area contributed by atoms with E-state index in [4.69, 9.17) is 4.74 Å². The largest absolute Gasteiger partial charge is 0.495 e. The smallest absolute Gasteiger partial charge is 0.255 e. The van der Waals surface area contributed by atoms with Crippen molar-refractivity contribution in [2.45, 2.75) is 37.1 Å². The minimum Gasteiger partial charge on any atom is -0.495 e. The van der Waals surface area contributed by atoms with E-state index in [9.17, 15) is 13.2 Å². The van der Waals surface area contributed by atoms with Crippen molar-refractivity contribution in [3.8, 4) is 5.75 Å². The zero-order valence-corrected chi connectivity index (χ0v) is 19.4. The number of carbonyl (C=O) groups excluding carboxylic acids is 1. The van der Waals surface area contributed by atoms with E-state index in [1.165, 1.54) is 23.5 Å². The van der Waals surface area contributed by atoms with Crippen LogP contribution in [0.5, 0.6) is 5.75 Å². The zero-order chi connectivity index (χ0) is 23.3. The molecule has 1 amide bonds. The van der Waals surface area contributed by atoms with Crippen LogP contribution < -0.4 is 10.1 Å². The molecule has 0 spiro atoms. The van der Waals surface area contributed by atoms with Crippen molar-refractivity contribution in [3.63, 3.8) is 0 Å². The highest BCUT2D eigenvalue weighted by molar-refractivity contribution is 7.89. The Kier molecular flexibility index (Phi) is 7.10. The van der Waals surface area contributed by atoms with Crippen molar-refractivity contribution in [2.24, 2.45) is 0 Å². The third kappa shape index (κ3) is 5.43. The van der Waals surface area contributed by atoms with Gasteiger partial charge < -0.3 is 10.1 Å². The summed E-state index contributed by atoms with van der Waals surface area (Å²) in [6.07, 6.45) is 7.28. The molecule has 9 heteroatoms. The molecule has 33 heavy (non-hydrogen) atoms. The minimum absolute atomic E-state index is 0.0204. The van der Waals surface area contributed by atoms with Gasteiger partial charge in [0.2, 0.25) is 10.0 Å². The Bertz CT molecular complexity index is 1200. The van der Waals surface area contributed by atoms with Crippen LogP contribution in [0, 0.1) is 0 Å². The summed E-state index contributed by atoms with van der Waals surface area (Å²) in [4.78, 5) is 13.0. The summed E-state index contributed by atoms with van der Waals surface area (Å²) in [5.74, 6) is -0.154. The second-order valence-electron chi connectivity index (χ2n) is 8.04. The Hall–Kier alpha value is -3.17. The van der Waals surface area contributed by atoms with Crippen molar-refractivity contribution in [2.75, 3.05) is 25.5 Å². The number of benzene rings is 2. The third-order valence-electron chi connectivity index (χ3n) is 5.70. The number of nitrogens with zero attached hydrogens (tertiary/aromatic N) is 3. The maximum Gasteiger partial charge on any atom is 0.255 e. The highest BCUT2D eigenvalue weighted by Crippen LogP contribution is 2.29. The number of nitrogens with one attached hydrogen (secondary N) is 1. The molecule has 1 N–H and O–H groups in total. The summed E-state index contributed by atoms with van der Waals surface area (Å²) in [6, 6.07) is 13.8. The van der Waals surface area contributed by atoms with Crippen LogP contribution in [0.4, 0.5) is 5.69 Å². The van der Waals surface area contributed by atoms with Crippen molar-refractivity contribution < 1.29 is 17.9 Å². The Balaban J connectivity index is 1.56. The minimum atomic E-state index is -3.77. The van der Waals surface area contributed by atoms with Gasteiger partial charge in [-0.15, -0.1) is 0 Å². The number of amides is 1. The lowest BCUT2D eigenvalue weighted by Crippen LogP contribution is -2.32. The molecule has 0 aliphatic carbocycles. The van der Waals surface area contributed by atoms with E-state index in [-0.39, 0.29) is 22.1 Å². The van der Waals surface area contributed by atoms with Crippen LogP contribution in [0.25, 0.3) is 0 Å². The fourth-order valence-electron chi connectivity index (χ4n) is 3.97. The highest BCUT2D eigenvalue weighted by Gasteiger charge is 2.29. The fourth-order valence-corrected chi connectivity index (χ4v) is 5.67. The van der Waals surface area contributed by atoms with Gasteiger partial charge in [-0.05, 0) is 54.8 Å². The predicted molar refractivity (Wildman–Crippen MR) is 126 cm³/mol. The summed E-state index contributed by atoms with van der Waals surface area (Å²) in [7, 11) is -2.34. The molecule has 3 aromatic rings. The zero-order valence-electron chi connectivity index (χ0n) is 18.6. The topological polar surface area (TPSA) is 93.5 Å². The van der Waals surface area contributed by atoms with Gasteiger partial charge in [0.25, 0.3) is 5.91 Å². The second kappa shape index (κ2) is 10.2. The van der Waals surface area contributed by atoms with Crippen LogP contribution in [0.2, 0.25) is 0 Å². The van der Waals surface area contributed by atoms with E-state index in [0.29, 0.717) is 25.3 Å². The second-order valence-corrected chi connectivity index (χ2v) is 9.95. The Morgan fingerprint density at radius 2 is 1.85 bits per heavy atom. The quantitative estimate of drug-likeness (QED) is 0.570. The Morgan fingerprint density at radius 3 is 2.55 bits per heavy atom. The molecular formula is C24H28N4O4S. The lowest BCUT2D eigenvalue weighted by Gasteiger charge is -2.21. The molecule has 0 bridgehead atoms. The van der Waals surface area contributed by atoms with Crippen LogP contribution in [-0.4, -0.2) is 48.6 Å². The Labute approximate surface area is 194 Å². The average molecular weight is 469 g/mol. The number of hydrogen-bond donors (Lipinski definition) is 1. The molecule has 0 unspecified atom stereocenters. The molecule has 1 saturated heterocycles. The first-order chi connectivity index (χ1) is 16.0. The van der Waals surface area contributed by atoms with Gasteiger partial charge >= 0.3 is 0 Å². The van der Waals surface area contributed by atoms with Gasteiger partial charge in [0, 0.05) is 36.7 Å². The molecule has 1 fully saturated rings. The van der Waals surface area contributed by atoms with E-state index >= 15 is 0 Å². The SMILES string of the molecule is COc1ccc(C(=O)Nc2cccc(Cn3cccn3)c2)cc1S(=O)(=O)N1CCCCCC1. The molecule has 0 saturated carbocycles. The van der Waals surface area contributed by atoms with E-state index in [0.717, 1.165) is 31.2 Å². The van der Waals surface area contributed by atoms with Gasteiger partial charge in [-0.25, -0.2) is 8.42 Å². The van der Waals surface area contributed by atoms with E-state index in [1.807, 2.05) is 30.5 Å². The van der Waals surface area contributed by atoms with Crippen LogP contribution in [-0.2, 0) is 16.6 Å². The number of methoxy groups -OCH3 is 1. The van der Waals surface area contributed by atoms with E-state index in [2.05, 4.69) is 10.4 Å². The average Bonchev–Trinajstić information content (AvgIpc) is 3.16. The number of anilines is 1. The fraction of sp³-hybridized carbons (Fsp3) is 0.333. The molecular weight excluding hydrogens is 440 g/mol. The molecule has 0 atom stereocenters. The van der Waals surface area contributed by atoms with Crippen molar-refractivity contribution in [3.05, 3.63) is 72.1 Å². The molecule has 1 aliphatic rings. The molecule has 8 nitrogen and oxygen atoms in total. The van der Waals surface area contributed by atoms with Gasteiger partial charge in [-0.2, -0.15) is 9.40 Å². The molecule has 174 valence electrons. The number of aromatic nitrogens is 2. The first-order valence-corrected chi connectivity index (χ1v) is 12.5. The highest BCUT2D eigenvalue weighted by atomic mass is 32.2. The van der Waals surface area contributed by atoms with Crippen LogP contribution in [0.1, 0.15) is 41.6 Å². The molecule has 1 aromatic heterocycles. The number of hydrogen-bond acceptors (Lipinski definition) is 5. The summed E-state index contributed by atoms with van der Waals surface area (Å²) < 4.78 is 35.3. The summed E-state index contributed by atoms with van der Waals surface area (Å²) in [5.41, 5.74) is 1.86. The standard InChI is InChI=1S/C24H28N4O4S/c1-32-22-11-10-20(17-23(22)33(30,31)28-14-4-2-3-5-15-28)24(29)26-21-9-6-8-19(16-21)18-27-13-7-12-25-27/h6-13,16-17H,2-5,14-15,18H2,1H3,(H,26,29). The van der Waals surface area contributed by atoms with Gasteiger partial charge in [0.1, 0.15) is 10.6 Å². The summed E-state index contributed by atoms with van der Waals surface area (Å²) in [5, 5.41) is 7.07. The van der Waals surface area contributed by atoms with Gasteiger partial charge in [0.05, 0.1) is 13.7 Å². The number of ether oxygens (including phenoxy) is 1. The van der Waals surface area contributed by atoms with Crippen molar-refractivity contribution in [1.82, 2.24) is 14.1 Å². The van der Waals surface area contributed by atoms with E-state index in [1.54, 1.807) is 23.0 Å². The van der Waals surface area contributed by atoms with Crippen molar-refractivity contribution in [1.29, 1.82) is 0 Å². The van der Waals surface area contributed by atoms with Crippen LogP contribution in [0.15, 0.2) is 65.8 Å². The van der Waals surface area contributed by atoms with Gasteiger partial charge in [-0.3, -0.25) is 9.48 Å². The van der Waals surface area contributed by atoms with Crippen LogP contribution >= 0.6 is 0 Å². The monoisotopic (exact) mass is 468 g/mol. The number of rotatable bonds is 7. The molecule has 2 heterocycles. The molecule has 0 radical (unpaired) electrons. The number of carbonyl (C=O) groups is 1. The normalized spacial score (nSPS) is 15.1. The maximum absolute atomic E-state index is 13.4. The maximum atomic E-state index is 13.4. The van der Waals surface area contributed by atoms with Gasteiger partial charge in [0.15, 0.2) is 0 Å². The lowest BCUT2D eigenvalue weighted by molar-refractivity contribution is 0.102. The summed E-state index contributed by atoms with van der Waals surface area (Å²) >= 11 is 0. The lowest BCUT2D eigenvalue weighted by atomic mass is 10.1. The Morgan fingerprint density at radius 1 is 1.06 bits per heavy atom. The van der Waals surface area contributed by atoms with Gasteiger partial charge in [-0.1, -0.05) is 25.0 Å². The summed E-state index contributed by atoms with van der Waals surface area (Å²) in [6.45, 7) is 1.54. The first kappa shape index (κ1) is 23.0. The third-order valence-corrected chi connectivity index (χ3v) is 7.62. The molecule has 4 rings (SSSR count). The predicted octanol–water partition coefficient (Wildman–Crippen LogP) is 3.76. The van der Waals surface area contributed by atoms with Crippen LogP contribution in [0.3, 0.4) is 0 Å². The number of sulfonamides is 1. The molecule has 1 aliphatic heterocycles. The molecule has 2 aromatic carbocycles.